The number of hydrogen-bond acceptors (Lipinski definition) is 4. The zero-order chi connectivity index (χ0) is 12.3. The van der Waals surface area contributed by atoms with Gasteiger partial charge in [-0.15, -0.1) is 5.10 Å². The van der Waals surface area contributed by atoms with Crippen molar-refractivity contribution in [1.82, 2.24) is 15.1 Å². The van der Waals surface area contributed by atoms with Crippen molar-refractivity contribution in [1.29, 1.82) is 0 Å². The van der Waals surface area contributed by atoms with Crippen LogP contribution in [-0.4, -0.2) is 47.8 Å². The fourth-order valence-electron chi connectivity index (χ4n) is 2.21. The third-order valence-corrected chi connectivity index (χ3v) is 3.16. The maximum absolute atomic E-state index is 5.85. The summed E-state index contributed by atoms with van der Waals surface area (Å²) in [5.74, 6) is 0.735. The molecule has 17 heavy (non-hydrogen) atoms. The van der Waals surface area contributed by atoms with Crippen molar-refractivity contribution in [3.8, 4) is 0 Å². The highest BCUT2D eigenvalue weighted by atomic mass is 35.5. The van der Waals surface area contributed by atoms with Gasteiger partial charge in [0, 0.05) is 38.8 Å². The van der Waals surface area contributed by atoms with Gasteiger partial charge in [0.1, 0.15) is 0 Å². The lowest BCUT2D eigenvalue weighted by Gasteiger charge is -2.36. The van der Waals surface area contributed by atoms with Gasteiger partial charge in [-0.3, -0.25) is 4.90 Å². The van der Waals surface area contributed by atoms with Gasteiger partial charge >= 0.3 is 0 Å². The molecule has 2 rings (SSSR count). The van der Waals surface area contributed by atoms with E-state index in [2.05, 4.69) is 33.8 Å². The molecule has 0 atom stereocenters. The largest absolute Gasteiger partial charge is 0.368 e. The zero-order valence-electron chi connectivity index (χ0n) is 10.4. The number of anilines is 1. The smallest absolute Gasteiger partial charge is 0.153 e. The Balaban J connectivity index is 1.91. The van der Waals surface area contributed by atoms with E-state index in [-0.39, 0.29) is 0 Å². The van der Waals surface area contributed by atoms with Crippen LogP contribution in [0.1, 0.15) is 13.8 Å². The lowest BCUT2D eigenvalue weighted by molar-refractivity contribution is 0.231. The Labute approximate surface area is 108 Å². The van der Waals surface area contributed by atoms with Crippen LogP contribution in [-0.2, 0) is 0 Å². The van der Waals surface area contributed by atoms with Crippen LogP contribution in [0.25, 0.3) is 0 Å². The molecule has 1 fully saturated rings. The lowest BCUT2D eigenvalue weighted by Crippen LogP contribution is -2.47. The number of nitrogens with zero attached hydrogens (tertiary/aromatic N) is 4. The van der Waals surface area contributed by atoms with Crippen molar-refractivity contribution >= 4 is 17.3 Å². The van der Waals surface area contributed by atoms with Crippen LogP contribution in [0.3, 0.4) is 0 Å². The molecular formula is C12H19ClN4. The predicted octanol–water partition coefficient (Wildman–Crippen LogP) is 1.91. The van der Waals surface area contributed by atoms with Gasteiger partial charge in [0.25, 0.3) is 0 Å². The number of rotatable bonds is 3. The molecule has 0 aliphatic carbocycles. The first kappa shape index (κ1) is 12.6. The van der Waals surface area contributed by atoms with Crippen molar-refractivity contribution in [2.24, 2.45) is 5.92 Å². The van der Waals surface area contributed by atoms with Crippen molar-refractivity contribution in [3.63, 3.8) is 0 Å². The summed E-state index contributed by atoms with van der Waals surface area (Å²) in [5.41, 5.74) is 1.08. The highest BCUT2D eigenvalue weighted by Crippen LogP contribution is 2.18. The third-order valence-electron chi connectivity index (χ3n) is 2.97. The molecule has 0 radical (unpaired) electrons. The van der Waals surface area contributed by atoms with Crippen molar-refractivity contribution in [2.45, 2.75) is 13.8 Å². The predicted molar refractivity (Wildman–Crippen MR) is 70.5 cm³/mol. The first-order valence-electron chi connectivity index (χ1n) is 6.10. The van der Waals surface area contributed by atoms with E-state index in [4.69, 9.17) is 11.6 Å². The van der Waals surface area contributed by atoms with Gasteiger partial charge in [0.05, 0.1) is 11.9 Å². The molecule has 94 valence electrons. The Morgan fingerprint density at radius 2 is 2.00 bits per heavy atom. The average Bonchev–Trinajstić information content (AvgIpc) is 2.29. The molecule has 2 heterocycles. The molecule has 1 aliphatic rings. The van der Waals surface area contributed by atoms with Crippen LogP contribution in [0.4, 0.5) is 5.69 Å². The molecule has 0 saturated carbocycles. The SMILES string of the molecule is CC(C)CN1CCN(c2cnnc(Cl)c2)CC1. The molecule has 1 aromatic rings. The van der Waals surface area contributed by atoms with Gasteiger partial charge in [-0.1, -0.05) is 25.4 Å². The molecule has 0 aromatic carbocycles. The van der Waals surface area contributed by atoms with Crippen LogP contribution in [0, 0.1) is 5.92 Å². The van der Waals surface area contributed by atoms with E-state index in [0.717, 1.165) is 37.8 Å². The Morgan fingerprint density at radius 3 is 2.59 bits per heavy atom. The monoisotopic (exact) mass is 254 g/mol. The summed E-state index contributed by atoms with van der Waals surface area (Å²) in [6, 6.07) is 1.88. The molecule has 0 spiro atoms. The van der Waals surface area contributed by atoms with E-state index >= 15 is 0 Å². The molecule has 0 N–H and O–H groups in total. The van der Waals surface area contributed by atoms with E-state index in [1.807, 2.05) is 6.07 Å². The number of piperazine rings is 1. The molecule has 4 nitrogen and oxygen atoms in total. The average molecular weight is 255 g/mol. The first-order valence-corrected chi connectivity index (χ1v) is 6.48. The van der Waals surface area contributed by atoms with Crippen molar-refractivity contribution in [3.05, 3.63) is 17.4 Å². The fraction of sp³-hybridized carbons (Fsp3) is 0.667. The molecule has 1 aliphatic heterocycles. The minimum atomic E-state index is 0.465. The molecule has 1 saturated heterocycles. The quantitative estimate of drug-likeness (QED) is 0.825. The Bertz CT molecular complexity index is 361. The van der Waals surface area contributed by atoms with Crippen LogP contribution in [0.2, 0.25) is 5.15 Å². The second kappa shape index (κ2) is 5.65. The summed E-state index contributed by atoms with van der Waals surface area (Å²) < 4.78 is 0. The van der Waals surface area contributed by atoms with Crippen LogP contribution >= 0.6 is 11.6 Å². The van der Waals surface area contributed by atoms with Gasteiger partial charge < -0.3 is 4.90 Å². The summed E-state index contributed by atoms with van der Waals surface area (Å²) in [4.78, 5) is 4.83. The number of halogens is 1. The van der Waals surface area contributed by atoms with Gasteiger partial charge in [0.15, 0.2) is 5.15 Å². The fourth-order valence-corrected chi connectivity index (χ4v) is 2.36. The summed E-state index contributed by atoms with van der Waals surface area (Å²) in [5, 5.41) is 8.12. The van der Waals surface area contributed by atoms with Crippen LogP contribution in [0.15, 0.2) is 12.3 Å². The van der Waals surface area contributed by atoms with E-state index in [9.17, 15) is 0 Å². The standard InChI is InChI=1S/C12H19ClN4/c1-10(2)9-16-3-5-17(6-4-16)11-7-12(13)15-14-8-11/h7-8,10H,3-6,9H2,1-2H3. The summed E-state index contributed by atoms with van der Waals surface area (Å²) in [6.07, 6.45) is 1.78. The highest BCUT2D eigenvalue weighted by molar-refractivity contribution is 6.29. The second-order valence-corrected chi connectivity index (χ2v) is 5.31. The highest BCUT2D eigenvalue weighted by Gasteiger charge is 2.18. The Kier molecular flexibility index (Phi) is 4.18. The summed E-state index contributed by atoms with van der Waals surface area (Å²) >= 11 is 5.85. The van der Waals surface area contributed by atoms with Crippen molar-refractivity contribution in [2.75, 3.05) is 37.6 Å². The van der Waals surface area contributed by atoms with E-state index in [1.54, 1.807) is 6.20 Å². The van der Waals surface area contributed by atoms with E-state index in [1.165, 1.54) is 6.54 Å². The minimum Gasteiger partial charge on any atom is -0.368 e. The third kappa shape index (κ3) is 3.54. The molecule has 0 bridgehead atoms. The Hall–Kier alpha value is -0.870. The van der Waals surface area contributed by atoms with Gasteiger partial charge in [-0.05, 0) is 5.92 Å². The van der Waals surface area contributed by atoms with Crippen LogP contribution in [0.5, 0.6) is 0 Å². The summed E-state index contributed by atoms with van der Waals surface area (Å²) in [7, 11) is 0. The van der Waals surface area contributed by atoms with Gasteiger partial charge in [-0.25, -0.2) is 0 Å². The topological polar surface area (TPSA) is 32.3 Å². The maximum atomic E-state index is 5.85. The molecular weight excluding hydrogens is 236 g/mol. The molecule has 5 heteroatoms. The van der Waals surface area contributed by atoms with Crippen molar-refractivity contribution < 1.29 is 0 Å². The van der Waals surface area contributed by atoms with E-state index < -0.39 is 0 Å². The van der Waals surface area contributed by atoms with E-state index in [0.29, 0.717) is 5.15 Å². The molecule has 1 aromatic heterocycles. The second-order valence-electron chi connectivity index (χ2n) is 4.92. The maximum Gasteiger partial charge on any atom is 0.153 e. The number of hydrogen-bond donors (Lipinski definition) is 0. The number of aromatic nitrogens is 2. The molecule has 0 unspecified atom stereocenters. The molecule has 0 amide bonds. The lowest BCUT2D eigenvalue weighted by atomic mass is 10.2. The normalized spacial score (nSPS) is 17.8. The minimum absolute atomic E-state index is 0.465. The van der Waals surface area contributed by atoms with Crippen LogP contribution < -0.4 is 4.90 Å². The summed E-state index contributed by atoms with van der Waals surface area (Å²) in [6.45, 7) is 10.0. The zero-order valence-corrected chi connectivity index (χ0v) is 11.2. The Morgan fingerprint density at radius 1 is 1.29 bits per heavy atom. The van der Waals surface area contributed by atoms with Gasteiger partial charge in [0.2, 0.25) is 0 Å². The first-order chi connectivity index (χ1) is 8.15. The van der Waals surface area contributed by atoms with Gasteiger partial charge in [-0.2, -0.15) is 5.10 Å².